The Labute approximate surface area is 97.9 Å². The number of carboxylic acids is 1. The highest BCUT2D eigenvalue weighted by Gasteiger charge is 2.44. The van der Waals surface area contributed by atoms with Gasteiger partial charge >= 0.3 is 5.97 Å². The Bertz CT molecular complexity index is 227. The molecule has 1 saturated carbocycles. The molecule has 0 aromatic carbocycles. The van der Waals surface area contributed by atoms with Gasteiger partial charge in [-0.3, -0.25) is 4.79 Å². The van der Waals surface area contributed by atoms with E-state index in [1.165, 1.54) is 0 Å². The molecule has 0 aromatic rings. The van der Waals surface area contributed by atoms with Gasteiger partial charge in [-0.1, -0.05) is 26.2 Å². The van der Waals surface area contributed by atoms with Crippen LogP contribution in [0.1, 0.15) is 58.3 Å². The number of aliphatic hydroxyl groups excluding tert-OH is 1. The van der Waals surface area contributed by atoms with Gasteiger partial charge in [-0.25, -0.2) is 0 Å². The molecule has 3 nitrogen and oxygen atoms in total. The van der Waals surface area contributed by atoms with Crippen molar-refractivity contribution in [3.05, 3.63) is 0 Å². The fourth-order valence-electron chi connectivity index (χ4n) is 2.87. The molecule has 0 saturated heterocycles. The molecule has 94 valence electrons. The van der Waals surface area contributed by atoms with Crippen LogP contribution in [-0.4, -0.2) is 22.8 Å². The summed E-state index contributed by atoms with van der Waals surface area (Å²) in [5.74, 6) is 0.00129. The molecule has 1 fully saturated rings. The first-order valence-electron chi connectivity index (χ1n) is 6.49. The Morgan fingerprint density at radius 2 is 2.12 bits per heavy atom. The molecule has 3 heteroatoms. The predicted molar refractivity (Wildman–Crippen MR) is 63.3 cm³/mol. The summed E-state index contributed by atoms with van der Waals surface area (Å²) in [5.41, 5.74) is -0.448. The van der Waals surface area contributed by atoms with E-state index in [1.807, 2.05) is 0 Å². The molecule has 0 aliphatic heterocycles. The maximum Gasteiger partial charge on any atom is 0.309 e. The minimum absolute atomic E-state index is 0.220. The lowest BCUT2D eigenvalue weighted by Gasteiger charge is -2.24. The van der Waals surface area contributed by atoms with Crippen LogP contribution in [-0.2, 0) is 4.79 Å². The van der Waals surface area contributed by atoms with Crippen molar-refractivity contribution < 1.29 is 15.0 Å². The van der Waals surface area contributed by atoms with E-state index in [0.717, 1.165) is 51.4 Å². The van der Waals surface area contributed by atoms with Gasteiger partial charge in [-0.2, -0.15) is 0 Å². The average molecular weight is 228 g/mol. The Hall–Kier alpha value is -0.570. The highest BCUT2D eigenvalue weighted by atomic mass is 16.4. The molecule has 0 heterocycles. The number of aliphatic carboxylic acids is 1. The third kappa shape index (κ3) is 3.21. The summed E-state index contributed by atoms with van der Waals surface area (Å²) in [5, 5.41) is 18.1. The quantitative estimate of drug-likeness (QED) is 0.659. The van der Waals surface area contributed by atoms with Crippen molar-refractivity contribution in [3.8, 4) is 0 Å². The standard InChI is InChI=1S/C13H24O3/c1-2-11-6-8-13(10-11,12(15)16)7-4-3-5-9-14/h11,14H,2-10H2,1H3,(H,15,16). The van der Waals surface area contributed by atoms with Gasteiger partial charge in [0.15, 0.2) is 0 Å². The largest absolute Gasteiger partial charge is 0.481 e. The van der Waals surface area contributed by atoms with Gasteiger partial charge in [-0.05, 0) is 38.0 Å². The molecule has 0 radical (unpaired) electrons. The summed E-state index contributed by atoms with van der Waals surface area (Å²) in [6.45, 7) is 2.37. The normalized spacial score (nSPS) is 29.5. The van der Waals surface area contributed by atoms with Crippen LogP contribution in [0, 0.1) is 11.3 Å². The lowest BCUT2D eigenvalue weighted by Crippen LogP contribution is -2.28. The number of hydrogen-bond donors (Lipinski definition) is 2. The first kappa shape index (κ1) is 13.5. The molecular formula is C13H24O3. The van der Waals surface area contributed by atoms with Crippen LogP contribution in [0.15, 0.2) is 0 Å². The number of rotatable bonds is 7. The molecule has 1 aliphatic carbocycles. The zero-order valence-corrected chi connectivity index (χ0v) is 10.2. The van der Waals surface area contributed by atoms with Crippen LogP contribution in [0.4, 0.5) is 0 Å². The molecule has 0 amide bonds. The first-order chi connectivity index (χ1) is 7.64. The number of aliphatic hydroxyl groups is 1. The van der Waals surface area contributed by atoms with E-state index in [4.69, 9.17) is 5.11 Å². The van der Waals surface area contributed by atoms with Crippen LogP contribution in [0.2, 0.25) is 0 Å². The zero-order valence-electron chi connectivity index (χ0n) is 10.2. The lowest BCUT2D eigenvalue weighted by atomic mass is 9.80. The molecule has 2 atom stereocenters. The van der Waals surface area contributed by atoms with Crippen molar-refractivity contribution in [1.29, 1.82) is 0 Å². The highest BCUT2D eigenvalue weighted by molar-refractivity contribution is 5.75. The molecule has 2 N–H and O–H groups in total. The number of unbranched alkanes of at least 4 members (excludes halogenated alkanes) is 2. The van der Waals surface area contributed by atoms with E-state index in [2.05, 4.69) is 6.92 Å². The van der Waals surface area contributed by atoms with Crippen LogP contribution in [0.5, 0.6) is 0 Å². The van der Waals surface area contributed by atoms with E-state index in [9.17, 15) is 9.90 Å². The predicted octanol–water partition coefficient (Wildman–Crippen LogP) is 2.82. The Morgan fingerprint density at radius 1 is 1.38 bits per heavy atom. The zero-order chi connectivity index (χ0) is 12.0. The van der Waals surface area contributed by atoms with Gasteiger partial charge in [0.1, 0.15) is 0 Å². The number of carbonyl (C=O) groups is 1. The topological polar surface area (TPSA) is 57.5 Å². The van der Waals surface area contributed by atoms with Gasteiger partial charge in [0, 0.05) is 6.61 Å². The van der Waals surface area contributed by atoms with Gasteiger partial charge in [0.05, 0.1) is 5.41 Å². The van der Waals surface area contributed by atoms with E-state index in [1.54, 1.807) is 0 Å². The fourth-order valence-corrected chi connectivity index (χ4v) is 2.87. The summed E-state index contributed by atoms with van der Waals surface area (Å²) in [7, 11) is 0. The van der Waals surface area contributed by atoms with Crippen LogP contribution < -0.4 is 0 Å². The van der Waals surface area contributed by atoms with E-state index >= 15 is 0 Å². The molecule has 2 unspecified atom stereocenters. The second-order valence-electron chi connectivity index (χ2n) is 5.14. The monoisotopic (exact) mass is 228 g/mol. The molecule has 0 aromatic heterocycles. The maximum atomic E-state index is 11.4. The summed E-state index contributed by atoms with van der Waals surface area (Å²) < 4.78 is 0. The molecular weight excluding hydrogens is 204 g/mol. The smallest absolute Gasteiger partial charge is 0.309 e. The summed E-state index contributed by atoms with van der Waals surface area (Å²) in [4.78, 5) is 11.4. The second kappa shape index (κ2) is 6.24. The summed E-state index contributed by atoms with van der Waals surface area (Å²) in [6, 6.07) is 0. The van der Waals surface area contributed by atoms with Crippen molar-refractivity contribution in [1.82, 2.24) is 0 Å². The lowest BCUT2D eigenvalue weighted by molar-refractivity contribution is -0.149. The Morgan fingerprint density at radius 3 is 2.62 bits per heavy atom. The highest BCUT2D eigenvalue weighted by Crippen LogP contribution is 2.46. The van der Waals surface area contributed by atoms with E-state index in [-0.39, 0.29) is 6.61 Å². The minimum atomic E-state index is -0.604. The third-order valence-electron chi connectivity index (χ3n) is 4.06. The van der Waals surface area contributed by atoms with Crippen molar-refractivity contribution in [2.45, 2.75) is 58.3 Å². The average Bonchev–Trinajstić information content (AvgIpc) is 2.69. The maximum absolute atomic E-state index is 11.4. The first-order valence-corrected chi connectivity index (χ1v) is 6.49. The minimum Gasteiger partial charge on any atom is -0.481 e. The fraction of sp³-hybridized carbons (Fsp3) is 0.923. The SMILES string of the molecule is CCC1CCC(CCCCCO)(C(=O)O)C1. The van der Waals surface area contributed by atoms with Crippen LogP contribution in [0.25, 0.3) is 0 Å². The molecule has 1 rings (SSSR count). The van der Waals surface area contributed by atoms with Gasteiger partial charge in [0.2, 0.25) is 0 Å². The van der Waals surface area contributed by atoms with Crippen molar-refractivity contribution in [2.75, 3.05) is 6.61 Å². The summed E-state index contributed by atoms with van der Waals surface area (Å²) in [6.07, 6.45) is 7.35. The Balaban J connectivity index is 2.45. The number of hydrogen-bond acceptors (Lipinski definition) is 2. The molecule has 16 heavy (non-hydrogen) atoms. The third-order valence-corrected chi connectivity index (χ3v) is 4.06. The Kier molecular flexibility index (Phi) is 5.26. The van der Waals surface area contributed by atoms with Crippen molar-refractivity contribution in [2.24, 2.45) is 11.3 Å². The van der Waals surface area contributed by atoms with Gasteiger partial charge in [0.25, 0.3) is 0 Å². The number of carboxylic acid groups (broad SMARTS) is 1. The van der Waals surface area contributed by atoms with E-state index < -0.39 is 11.4 Å². The van der Waals surface area contributed by atoms with Gasteiger partial charge < -0.3 is 10.2 Å². The van der Waals surface area contributed by atoms with Crippen LogP contribution >= 0.6 is 0 Å². The molecule has 0 spiro atoms. The second-order valence-corrected chi connectivity index (χ2v) is 5.14. The summed E-state index contributed by atoms with van der Waals surface area (Å²) >= 11 is 0. The van der Waals surface area contributed by atoms with E-state index in [0.29, 0.717) is 5.92 Å². The van der Waals surface area contributed by atoms with Crippen LogP contribution in [0.3, 0.4) is 0 Å². The molecule has 1 aliphatic rings. The van der Waals surface area contributed by atoms with Gasteiger partial charge in [-0.15, -0.1) is 0 Å². The van der Waals surface area contributed by atoms with Crippen molar-refractivity contribution in [3.63, 3.8) is 0 Å². The molecule has 0 bridgehead atoms. The van der Waals surface area contributed by atoms with Crippen molar-refractivity contribution >= 4 is 5.97 Å².